The SMILES string of the molecule is O=c1c(C(F)F)c[nH]c(I)c1[N+](=O)[O-]. The molecule has 0 fully saturated rings. The Morgan fingerprint density at radius 3 is 2.57 bits per heavy atom. The van der Waals surface area contributed by atoms with Gasteiger partial charge in [-0.2, -0.15) is 0 Å². The van der Waals surface area contributed by atoms with E-state index in [4.69, 9.17) is 0 Å². The van der Waals surface area contributed by atoms with E-state index < -0.39 is 28.0 Å². The van der Waals surface area contributed by atoms with Crippen LogP contribution < -0.4 is 5.43 Å². The fourth-order valence-electron chi connectivity index (χ4n) is 0.837. The molecule has 1 heterocycles. The summed E-state index contributed by atoms with van der Waals surface area (Å²) in [6.07, 6.45) is -2.24. The minimum Gasteiger partial charge on any atom is -0.350 e. The van der Waals surface area contributed by atoms with Crippen LogP contribution in [0.15, 0.2) is 11.0 Å². The van der Waals surface area contributed by atoms with E-state index >= 15 is 0 Å². The number of nitrogens with zero attached hydrogens (tertiary/aromatic N) is 1. The van der Waals surface area contributed by atoms with E-state index in [0.717, 1.165) is 6.20 Å². The largest absolute Gasteiger partial charge is 0.350 e. The maximum Gasteiger partial charge on any atom is 0.346 e. The van der Waals surface area contributed by atoms with Gasteiger partial charge in [0.2, 0.25) is 0 Å². The van der Waals surface area contributed by atoms with Crippen LogP contribution in [0.5, 0.6) is 0 Å². The highest BCUT2D eigenvalue weighted by Crippen LogP contribution is 2.19. The lowest BCUT2D eigenvalue weighted by molar-refractivity contribution is -0.387. The van der Waals surface area contributed by atoms with Crippen LogP contribution in [0.3, 0.4) is 0 Å². The number of aromatic nitrogens is 1. The molecule has 1 aromatic rings. The van der Waals surface area contributed by atoms with Gasteiger partial charge in [-0.25, -0.2) is 8.78 Å². The van der Waals surface area contributed by atoms with Gasteiger partial charge in [-0.05, 0) is 22.6 Å². The van der Waals surface area contributed by atoms with Crippen LogP contribution >= 0.6 is 22.6 Å². The van der Waals surface area contributed by atoms with Crippen LogP contribution in [0.2, 0.25) is 0 Å². The molecular formula is C6H3F2IN2O3. The van der Waals surface area contributed by atoms with Gasteiger partial charge in [0.15, 0.2) is 3.70 Å². The molecule has 0 aliphatic carbocycles. The van der Waals surface area contributed by atoms with Gasteiger partial charge in [-0.3, -0.25) is 14.9 Å². The molecule has 0 saturated heterocycles. The molecule has 5 nitrogen and oxygen atoms in total. The van der Waals surface area contributed by atoms with Gasteiger partial charge in [0.05, 0.1) is 10.5 Å². The number of nitrogens with one attached hydrogen (secondary N) is 1. The summed E-state index contributed by atoms with van der Waals surface area (Å²) in [6, 6.07) is 0. The summed E-state index contributed by atoms with van der Waals surface area (Å²) < 4.78 is 24.2. The third-order valence-electron chi connectivity index (χ3n) is 1.46. The molecule has 0 aromatic carbocycles. The van der Waals surface area contributed by atoms with E-state index in [2.05, 4.69) is 4.98 Å². The van der Waals surface area contributed by atoms with Crippen molar-refractivity contribution in [1.82, 2.24) is 4.98 Å². The Morgan fingerprint density at radius 2 is 2.14 bits per heavy atom. The molecule has 1 rings (SSSR count). The van der Waals surface area contributed by atoms with Crippen LogP contribution in [0.1, 0.15) is 12.0 Å². The number of halogens is 3. The van der Waals surface area contributed by atoms with Crippen molar-refractivity contribution in [1.29, 1.82) is 0 Å². The van der Waals surface area contributed by atoms with E-state index in [1.54, 1.807) is 0 Å². The van der Waals surface area contributed by atoms with Gasteiger partial charge in [0, 0.05) is 6.20 Å². The summed E-state index contributed by atoms with van der Waals surface area (Å²) in [5.41, 5.74) is -2.98. The maximum atomic E-state index is 12.2. The van der Waals surface area contributed by atoms with Crippen LogP contribution in [-0.2, 0) is 0 Å². The molecule has 0 aliphatic rings. The van der Waals surface area contributed by atoms with Crippen molar-refractivity contribution in [2.45, 2.75) is 6.43 Å². The molecule has 0 amide bonds. The van der Waals surface area contributed by atoms with E-state index in [1.807, 2.05) is 0 Å². The number of aromatic amines is 1. The number of alkyl halides is 2. The molecule has 1 N–H and O–H groups in total. The van der Waals surface area contributed by atoms with Crippen molar-refractivity contribution in [3.63, 3.8) is 0 Å². The lowest BCUT2D eigenvalue weighted by Crippen LogP contribution is -2.16. The highest BCUT2D eigenvalue weighted by molar-refractivity contribution is 14.1. The predicted molar refractivity (Wildman–Crippen MR) is 51.4 cm³/mol. The Kier molecular flexibility index (Phi) is 3.13. The molecule has 76 valence electrons. The van der Waals surface area contributed by atoms with Gasteiger partial charge in [0.25, 0.3) is 11.9 Å². The zero-order valence-corrected chi connectivity index (χ0v) is 8.62. The average Bonchev–Trinajstić information content (AvgIpc) is 2.02. The third kappa shape index (κ3) is 1.89. The second kappa shape index (κ2) is 3.98. The van der Waals surface area contributed by atoms with Crippen LogP contribution in [0, 0.1) is 13.8 Å². The van der Waals surface area contributed by atoms with E-state index in [-0.39, 0.29) is 3.70 Å². The van der Waals surface area contributed by atoms with Gasteiger partial charge in [-0.1, -0.05) is 0 Å². The van der Waals surface area contributed by atoms with Crippen molar-refractivity contribution in [2.24, 2.45) is 0 Å². The Balaban J connectivity index is 3.50. The topological polar surface area (TPSA) is 76.0 Å². The Hall–Kier alpha value is -1.06. The highest BCUT2D eigenvalue weighted by Gasteiger charge is 2.24. The molecule has 14 heavy (non-hydrogen) atoms. The summed E-state index contributed by atoms with van der Waals surface area (Å²) in [5.74, 6) is 0. The normalized spacial score (nSPS) is 10.6. The first-order valence-corrected chi connectivity index (χ1v) is 4.36. The zero-order chi connectivity index (χ0) is 10.9. The maximum absolute atomic E-state index is 12.2. The summed E-state index contributed by atoms with van der Waals surface area (Å²) >= 11 is 1.50. The van der Waals surface area contributed by atoms with Crippen molar-refractivity contribution >= 4 is 28.3 Å². The molecule has 0 atom stereocenters. The number of hydrogen-bond acceptors (Lipinski definition) is 3. The number of hydrogen-bond donors (Lipinski definition) is 1. The Labute approximate surface area is 89.4 Å². The van der Waals surface area contributed by atoms with Crippen molar-refractivity contribution in [3.05, 3.63) is 35.8 Å². The standard InChI is InChI=1S/C6H3F2IN2O3/c7-5(8)2-1-10-6(9)3(4(2)12)11(13)14/h1,5H,(H,10,12). The van der Waals surface area contributed by atoms with Crippen molar-refractivity contribution in [3.8, 4) is 0 Å². The second-order valence-electron chi connectivity index (χ2n) is 2.29. The molecule has 0 spiro atoms. The van der Waals surface area contributed by atoms with E-state index in [9.17, 15) is 23.7 Å². The smallest absolute Gasteiger partial charge is 0.346 e. The second-order valence-corrected chi connectivity index (χ2v) is 3.37. The lowest BCUT2D eigenvalue weighted by atomic mass is 10.2. The average molecular weight is 316 g/mol. The van der Waals surface area contributed by atoms with Crippen LogP contribution in [-0.4, -0.2) is 9.91 Å². The minimum atomic E-state index is -3.02. The molecule has 8 heteroatoms. The predicted octanol–water partition coefficient (Wildman–Crippen LogP) is 1.83. The number of pyridine rings is 1. The fourth-order valence-corrected chi connectivity index (χ4v) is 1.43. The monoisotopic (exact) mass is 316 g/mol. The molecule has 1 aromatic heterocycles. The first-order valence-electron chi connectivity index (χ1n) is 3.28. The van der Waals surface area contributed by atoms with E-state index in [0.29, 0.717) is 0 Å². The summed E-state index contributed by atoms with van der Waals surface area (Å²) in [4.78, 5) is 22.7. The molecule has 0 unspecified atom stereocenters. The zero-order valence-electron chi connectivity index (χ0n) is 6.46. The first kappa shape index (κ1) is 11.0. The number of rotatable bonds is 2. The summed E-state index contributed by atoms with van der Waals surface area (Å²) in [5, 5.41) is 10.4. The lowest BCUT2D eigenvalue weighted by Gasteiger charge is -1.99. The molecule has 0 radical (unpaired) electrons. The molecular weight excluding hydrogens is 313 g/mol. The quantitative estimate of drug-likeness (QED) is 0.391. The van der Waals surface area contributed by atoms with E-state index in [1.165, 1.54) is 22.6 Å². The van der Waals surface area contributed by atoms with Crippen molar-refractivity contribution < 1.29 is 13.7 Å². The third-order valence-corrected chi connectivity index (χ3v) is 2.28. The summed E-state index contributed by atoms with van der Waals surface area (Å²) in [7, 11) is 0. The van der Waals surface area contributed by atoms with Gasteiger partial charge < -0.3 is 4.98 Å². The fraction of sp³-hybridized carbons (Fsp3) is 0.167. The molecule has 0 bridgehead atoms. The Morgan fingerprint density at radius 1 is 1.57 bits per heavy atom. The highest BCUT2D eigenvalue weighted by atomic mass is 127. The number of nitro groups is 1. The molecule has 0 aliphatic heterocycles. The Bertz CT molecular complexity index is 432. The van der Waals surface area contributed by atoms with Gasteiger partial charge in [0.1, 0.15) is 0 Å². The van der Waals surface area contributed by atoms with Crippen molar-refractivity contribution in [2.75, 3.05) is 0 Å². The molecule has 0 saturated carbocycles. The first-order chi connectivity index (χ1) is 6.45. The van der Waals surface area contributed by atoms with Gasteiger partial charge >= 0.3 is 5.69 Å². The van der Waals surface area contributed by atoms with Crippen LogP contribution in [0.25, 0.3) is 0 Å². The summed E-state index contributed by atoms with van der Waals surface area (Å²) in [6.45, 7) is 0. The van der Waals surface area contributed by atoms with Gasteiger partial charge in [-0.15, -0.1) is 0 Å². The number of H-pyrrole nitrogens is 1. The van der Waals surface area contributed by atoms with Crippen LogP contribution in [0.4, 0.5) is 14.5 Å². The minimum absolute atomic E-state index is 0.0676.